The third-order valence-electron chi connectivity index (χ3n) is 4.42. The zero-order chi connectivity index (χ0) is 14.4. The number of aromatic nitrogens is 4. The maximum Gasteiger partial charge on any atom is 0.220 e. The van der Waals surface area contributed by atoms with Gasteiger partial charge in [-0.3, -0.25) is 9.48 Å². The molecule has 4 rings (SSSR count). The van der Waals surface area contributed by atoms with Crippen LogP contribution in [0.1, 0.15) is 25.7 Å². The van der Waals surface area contributed by atoms with Crippen LogP contribution in [0, 0.1) is 5.92 Å². The maximum atomic E-state index is 11.6. The molecule has 1 aliphatic heterocycles. The average Bonchev–Trinajstić information content (AvgIpc) is 3.26. The van der Waals surface area contributed by atoms with E-state index in [1.165, 1.54) is 12.8 Å². The summed E-state index contributed by atoms with van der Waals surface area (Å²) in [7, 11) is 1.87. The molecule has 7 heteroatoms. The van der Waals surface area contributed by atoms with E-state index in [0.29, 0.717) is 12.3 Å². The van der Waals surface area contributed by atoms with Crippen molar-refractivity contribution in [1.29, 1.82) is 0 Å². The Kier molecular flexibility index (Phi) is 2.80. The SMILES string of the molecule is Cn1ncc2c(N[C@@H]3CCC(=O)N[C@H]3C3CC3)ncnc21. The molecule has 1 amide bonds. The zero-order valence-electron chi connectivity index (χ0n) is 11.9. The maximum absolute atomic E-state index is 11.6. The molecule has 0 aromatic carbocycles. The molecule has 21 heavy (non-hydrogen) atoms. The van der Waals surface area contributed by atoms with E-state index >= 15 is 0 Å². The molecule has 0 spiro atoms. The van der Waals surface area contributed by atoms with Gasteiger partial charge in [0.25, 0.3) is 0 Å². The Bertz CT molecular complexity index is 692. The van der Waals surface area contributed by atoms with Crippen molar-refractivity contribution < 1.29 is 4.79 Å². The first-order valence-corrected chi connectivity index (χ1v) is 7.41. The fourth-order valence-corrected chi connectivity index (χ4v) is 3.14. The van der Waals surface area contributed by atoms with E-state index in [-0.39, 0.29) is 18.0 Å². The van der Waals surface area contributed by atoms with E-state index in [9.17, 15) is 4.79 Å². The molecule has 0 bridgehead atoms. The van der Waals surface area contributed by atoms with Crippen LogP contribution in [0.15, 0.2) is 12.5 Å². The number of anilines is 1. The lowest BCUT2D eigenvalue weighted by molar-refractivity contribution is -0.123. The van der Waals surface area contributed by atoms with Gasteiger partial charge in [0.15, 0.2) is 5.65 Å². The fourth-order valence-electron chi connectivity index (χ4n) is 3.14. The normalized spacial score (nSPS) is 25.9. The van der Waals surface area contributed by atoms with Crippen molar-refractivity contribution in [3.05, 3.63) is 12.5 Å². The van der Waals surface area contributed by atoms with E-state index in [1.807, 2.05) is 7.05 Å². The molecule has 1 aliphatic carbocycles. The van der Waals surface area contributed by atoms with Gasteiger partial charge in [0.1, 0.15) is 12.1 Å². The lowest BCUT2D eigenvalue weighted by Gasteiger charge is -2.33. The molecule has 1 saturated heterocycles. The highest BCUT2D eigenvalue weighted by atomic mass is 16.1. The van der Waals surface area contributed by atoms with Crippen LogP contribution in [0.3, 0.4) is 0 Å². The Morgan fingerprint density at radius 1 is 1.33 bits per heavy atom. The smallest absolute Gasteiger partial charge is 0.220 e. The second-order valence-electron chi connectivity index (χ2n) is 5.95. The summed E-state index contributed by atoms with van der Waals surface area (Å²) in [6.45, 7) is 0. The second kappa shape index (κ2) is 4.68. The van der Waals surface area contributed by atoms with Gasteiger partial charge in [0.05, 0.1) is 17.6 Å². The number of nitrogens with one attached hydrogen (secondary N) is 2. The van der Waals surface area contributed by atoms with Crippen LogP contribution in [0.25, 0.3) is 11.0 Å². The third kappa shape index (κ3) is 2.22. The molecule has 0 radical (unpaired) electrons. The highest BCUT2D eigenvalue weighted by Gasteiger charge is 2.40. The first-order chi connectivity index (χ1) is 10.2. The van der Waals surface area contributed by atoms with Crippen molar-refractivity contribution in [3.8, 4) is 0 Å². The number of hydrogen-bond acceptors (Lipinski definition) is 5. The summed E-state index contributed by atoms with van der Waals surface area (Å²) < 4.78 is 1.74. The average molecular weight is 286 g/mol. The van der Waals surface area contributed by atoms with E-state index in [4.69, 9.17) is 0 Å². The Morgan fingerprint density at radius 3 is 3.00 bits per heavy atom. The van der Waals surface area contributed by atoms with Crippen LogP contribution < -0.4 is 10.6 Å². The van der Waals surface area contributed by atoms with E-state index in [1.54, 1.807) is 17.2 Å². The van der Waals surface area contributed by atoms with Crippen LogP contribution in [0.2, 0.25) is 0 Å². The van der Waals surface area contributed by atoms with Crippen LogP contribution in [-0.4, -0.2) is 37.7 Å². The van der Waals surface area contributed by atoms with E-state index in [2.05, 4.69) is 25.7 Å². The summed E-state index contributed by atoms with van der Waals surface area (Å²) in [4.78, 5) is 20.3. The van der Waals surface area contributed by atoms with Crippen molar-refractivity contribution in [3.63, 3.8) is 0 Å². The Labute approximate surface area is 122 Å². The van der Waals surface area contributed by atoms with E-state index in [0.717, 1.165) is 23.3 Å². The minimum atomic E-state index is 0.166. The summed E-state index contributed by atoms with van der Waals surface area (Å²) in [5.74, 6) is 1.58. The Morgan fingerprint density at radius 2 is 2.19 bits per heavy atom. The molecule has 1 saturated carbocycles. The number of aryl methyl sites for hydroxylation is 1. The van der Waals surface area contributed by atoms with Gasteiger partial charge in [0.2, 0.25) is 5.91 Å². The van der Waals surface area contributed by atoms with Crippen LogP contribution in [0.5, 0.6) is 0 Å². The van der Waals surface area contributed by atoms with Crippen molar-refractivity contribution in [1.82, 2.24) is 25.1 Å². The molecular weight excluding hydrogens is 268 g/mol. The summed E-state index contributed by atoms with van der Waals surface area (Å²) in [5.41, 5.74) is 0.815. The molecule has 0 unspecified atom stereocenters. The van der Waals surface area contributed by atoms with Crippen molar-refractivity contribution in [2.75, 3.05) is 5.32 Å². The number of nitrogens with zero attached hydrogens (tertiary/aromatic N) is 4. The highest BCUT2D eigenvalue weighted by Crippen LogP contribution is 2.37. The first kappa shape index (κ1) is 12.6. The van der Waals surface area contributed by atoms with Gasteiger partial charge in [-0.2, -0.15) is 5.10 Å². The van der Waals surface area contributed by atoms with Gasteiger partial charge in [-0.15, -0.1) is 0 Å². The molecule has 3 heterocycles. The number of rotatable bonds is 3. The minimum Gasteiger partial charge on any atom is -0.365 e. The third-order valence-corrected chi connectivity index (χ3v) is 4.42. The molecule has 2 aromatic heterocycles. The number of fused-ring (bicyclic) bond motifs is 1. The lowest BCUT2D eigenvalue weighted by atomic mass is 9.94. The summed E-state index contributed by atoms with van der Waals surface area (Å²) in [6.07, 6.45) is 7.16. The summed E-state index contributed by atoms with van der Waals surface area (Å²) in [6, 6.07) is 0.446. The van der Waals surface area contributed by atoms with Crippen LogP contribution in [-0.2, 0) is 11.8 Å². The predicted octanol–water partition coefficient (Wildman–Crippen LogP) is 0.832. The van der Waals surface area contributed by atoms with Crippen LogP contribution in [0.4, 0.5) is 5.82 Å². The minimum absolute atomic E-state index is 0.166. The van der Waals surface area contributed by atoms with Crippen molar-refractivity contribution in [2.24, 2.45) is 13.0 Å². The Hall–Kier alpha value is -2.18. The number of carbonyl (C=O) groups excluding carboxylic acids is 1. The van der Waals surface area contributed by atoms with Gasteiger partial charge in [-0.25, -0.2) is 9.97 Å². The summed E-state index contributed by atoms with van der Waals surface area (Å²) in [5, 5.41) is 11.8. The number of amides is 1. The summed E-state index contributed by atoms with van der Waals surface area (Å²) >= 11 is 0. The van der Waals surface area contributed by atoms with Crippen molar-refractivity contribution >= 4 is 22.8 Å². The molecule has 2 fully saturated rings. The topological polar surface area (TPSA) is 84.7 Å². The monoisotopic (exact) mass is 286 g/mol. The fraction of sp³-hybridized carbons (Fsp3) is 0.571. The molecule has 110 valence electrons. The molecule has 2 aromatic rings. The van der Waals surface area contributed by atoms with Gasteiger partial charge in [-0.05, 0) is 25.2 Å². The molecule has 2 atom stereocenters. The van der Waals surface area contributed by atoms with Gasteiger partial charge >= 0.3 is 0 Å². The standard InChI is InChI=1S/C14H18N6O/c1-20-14-9(6-17-20)13(15-7-16-14)18-10-4-5-11(21)19-12(10)8-2-3-8/h6-8,10,12H,2-5H2,1H3,(H,19,21)(H,15,16,18)/t10-,12+/m1/s1. The van der Waals surface area contributed by atoms with Crippen LogP contribution >= 0.6 is 0 Å². The molecular formula is C14H18N6O. The predicted molar refractivity (Wildman–Crippen MR) is 77.6 cm³/mol. The van der Waals surface area contributed by atoms with E-state index < -0.39 is 0 Å². The van der Waals surface area contributed by atoms with Gasteiger partial charge < -0.3 is 10.6 Å². The lowest BCUT2D eigenvalue weighted by Crippen LogP contribution is -2.52. The number of carbonyl (C=O) groups is 1. The second-order valence-corrected chi connectivity index (χ2v) is 5.95. The Balaban J connectivity index is 1.62. The zero-order valence-corrected chi connectivity index (χ0v) is 11.9. The molecule has 2 N–H and O–H groups in total. The quantitative estimate of drug-likeness (QED) is 0.873. The van der Waals surface area contributed by atoms with Gasteiger partial charge in [-0.1, -0.05) is 0 Å². The van der Waals surface area contributed by atoms with Gasteiger partial charge in [0, 0.05) is 19.5 Å². The highest BCUT2D eigenvalue weighted by molar-refractivity contribution is 5.86. The molecule has 2 aliphatic rings. The molecule has 7 nitrogen and oxygen atoms in total. The van der Waals surface area contributed by atoms with Crippen molar-refractivity contribution in [2.45, 2.75) is 37.8 Å². The number of piperidine rings is 1. The number of hydrogen-bond donors (Lipinski definition) is 2. The largest absolute Gasteiger partial charge is 0.365 e. The first-order valence-electron chi connectivity index (χ1n) is 7.41.